The van der Waals surface area contributed by atoms with Crippen molar-refractivity contribution in [3.05, 3.63) is 0 Å². The summed E-state index contributed by atoms with van der Waals surface area (Å²) in [7, 11) is 0. The Labute approximate surface area is 138 Å². The molecule has 0 aliphatic carbocycles. The molecule has 3 saturated heterocycles. The van der Waals surface area contributed by atoms with Gasteiger partial charge in [-0.1, -0.05) is 6.92 Å². The van der Waals surface area contributed by atoms with E-state index in [1.807, 2.05) is 11.8 Å². The van der Waals surface area contributed by atoms with Crippen molar-refractivity contribution in [2.75, 3.05) is 32.8 Å². The summed E-state index contributed by atoms with van der Waals surface area (Å²) < 4.78 is 11.2. The molecule has 0 spiro atoms. The molecule has 0 bridgehead atoms. The van der Waals surface area contributed by atoms with E-state index in [0.29, 0.717) is 26.2 Å². The van der Waals surface area contributed by atoms with Gasteiger partial charge in [0.05, 0.1) is 13.2 Å². The van der Waals surface area contributed by atoms with E-state index in [0.717, 1.165) is 45.2 Å². The lowest BCUT2D eigenvalue weighted by molar-refractivity contribution is -0.152. The summed E-state index contributed by atoms with van der Waals surface area (Å²) in [6.07, 6.45) is 5.14. The topological polar surface area (TPSA) is 59.1 Å². The fourth-order valence-corrected chi connectivity index (χ4v) is 3.98. The first-order chi connectivity index (χ1) is 11.2. The number of amides is 2. The molecule has 3 aliphatic rings. The summed E-state index contributed by atoms with van der Waals surface area (Å²) in [5.74, 6) is 0.474. The van der Waals surface area contributed by atoms with Crippen LogP contribution < -0.4 is 0 Å². The van der Waals surface area contributed by atoms with E-state index in [1.54, 1.807) is 4.90 Å². The molecule has 0 N–H and O–H groups in total. The third kappa shape index (κ3) is 3.69. The summed E-state index contributed by atoms with van der Waals surface area (Å²) in [5, 5.41) is 0. The number of carbonyl (C=O) groups excluding carboxylic acids is 2. The Morgan fingerprint density at radius 2 is 1.83 bits per heavy atom. The molecule has 3 rings (SSSR count). The summed E-state index contributed by atoms with van der Waals surface area (Å²) in [6.45, 7) is 5.35. The SMILES string of the molecule is CCC(=O)N1CCCCC1C(=O)N1CCCC(C2OCCO2)C1. The molecule has 6 heteroatoms. The number of piperidine rings is 2. The van der Waals surface area contributed by atoms with Crippen molar-refractivity contribution in [3.8, 4) is 0 Å². The van der Waals surface area contributed by atoms with Gasteiger partial charge in [-0.3, -0.25) is 9.59 Å². The molecular weight excluding hydrogens is 296 g/mol. The summed E-state index contributed by atoms with van der Waals surface area (Å²) in [4.78, 5) is 28.9. The second-order valence-corrected chi connectivity index (χ2v) is 6.75. The maximum absolute atomic E-state index is 13.0. The predicted octanol–water partition coefficient (Wildman–Crippen LogP) is 1.39. The second-order valence-electron chi connectivity index (χ2n) is 6.75. The molecule has 0 aromatic heterocycles. The highest BCUT2D eigenvalue weighted by Crippen LogP contribution is 2.27. The van der Waals surface area contributed by atoms with E-state index in [9.17, 15) is 9.59 Å². The number of carbonyl (C=O) groups is 2. The highest BCUT2D eigenvalue weighted by atomic mass is 16.7. The average molecular weight is 324 g/mol. The fourth-order valence-electron chi connectivity index (χ4n) is 3.98. The van der Waals surface area contributed by atoms with Crippen LogP contribution in [0.25, 0.3) is 0 Å². The molecule has 6 nitrogen and oxygen atoms in total. The predicted molar refractivity (Wildman–Crippen MR) is 84.6 cm³/mol. The van der Waals surface area contributed by atoms with Gasteiger partial charge in [0, 0.05) is 32.0 Å². The minimum absolute atomic E-state index is 0.0964. The number of rotatable bonds is 3. The number of nitrogens with zero attached hydrogens (tertiary/aromatic N) is 2. The molecule has 3 heterocycles. The van der Waals surface area contributed by atoms with Gasteiger partial charge < -0.3 is 19.3 Å². The van der Waals surface area contributed by atoms with E-state index in [-0.39, 0.29) is 30.1 Å². The van der Waals surface area contributed by atoms with Gasteiger partial charge >= 0.3 is 0 Å². The molecule has 0 radical (unpaired) electrons. The minimum Gasteiger partial charge on any atom is -0.350 e. The van der Waals surface area contributed by atoms with E-state index >= 15 is 0 Å². The van der Waals surface area contributed by atoms with Crippen molar-refractivity contribution in [3.63, 3.8) is 0 Å². The third-order valence-electron chi connectivity index (χ3n) is 5.21. The van der Waals surface area contributed by atoms with Crippen molar-refractivity contribution in [2.24, 2.45) is 5.92 Å². The zero-order valence-corrected chi connectivity index (χ0v) is 14.0. The molecule has 0 aromatic rings. The van der Waals surface area contributed by atoms with Crippen LogP contribution in [0.1, 0.15) is 45.4 Å². The lowest BCUT2D eigenvalue weighted by Crippen LogP contribution is -2.55. The van der Waals surface area contributed by atoms with E-state index < -0.39 is 0 Å². The van der Waals surface area contributed by atoms with Crippen molar-refractivity contribution < 1.29 is 19.1 Å². The van der Waals surface area contributed by atoms with E-state index in [4.69, 9.17) is 9.47 Å². The second kappa shape index (κ2) is 7.62. The molecule has 130 valence electrons. The Bertz CT molecular complexity index is 436. The zero-order valence-electron chi connectivity index (χ0n) is 14.0. The Balaban J connectivity index is 1.64. The van der Waals surface area contributed by atoms with Crippen LogP contribution in [0.5, 0.6) is 0 Å². The molecular formula is C17H28N2O4. The van der Waals surface area contributed by atoms with Crippen LogP contribution in [-0.2, 0) is 19.1 Å². The molecule has 3 fully saturated rings. The van der Waals surface area contributed by atoms with Gasteiger partial charge in [-0.2, -0.15) is 0 Å². The summed E-state index contributed by atoms with van der Waals surface area (Å²) in [5.41, 5.74) is 0. The van der Waals surface area contributed by atoms with Gasteiger partial charge in [0.15, 0.2) is 6.29 Å². The maximum atomic E-state index is 13.0. The Morgan fingerprint density at radius 3 is 2.57 bits per heavy atom. The highest BCUT2D eigenvalue weighted by Gasteiger charge is 2.38. The van der Waals surface area contributed by atoms with Crippen molar-refractivity contribution in [2.45, 2.75) is 57.8 Å². The average Bonchev–Trinajstić information content (AvgIpc) is 3.15. The smallest absolute Gasteiger partial charge is 0.245 e. The van der Waals surface area contributed by atoms with Crippen LogP contribution in [0.2, 0.25) is 0 Å². The molecule has 0 aromatic carbocycles. The molecule has 2 amide bonds. The van der Waals surface area contributed by atoms with Gasteiger partial charge in [0.1, 0.15) is 6.04 Å². The molecule has 0 saturated carbocycles. The third-order valence-corrected chi connectivity index (χ3v) is 5.21. The van der Waals surface area contributed by atoms with E-state index in [2.05, 4.69) is 0 Å². The van der Waals surface area contributed by atoms with Crippen LogP contribution in [0, 0.1) is 5.92 Å². The van der Waals surface area contributed by atoms with Gasteiger partial charge in [-0.25, -0.2) is 0 Å². The minimum atomic E-state index is -0.264. The largest absolute Gasteiger partial charge is 0.350 e. The monoisotopic (exact) mass is 324 g/mol. The van der Waals surface area contributed by atoms with Crippen LogP contribution >= 0.6 is 0 Å². The number of hydrogen-bond acceptors (Lipinski definition) is 4. The molecule has 23 heavy (non-hydrogen) atoms. The Kier molecular flexibility index (Phi) is 5.54. The van der Waals surface area contributed by atoms with Gasteiger partial charge in [0.2, 0.25) is 11.8 Å². The first-order valence-corrected chi connectivity index (χ1v) is 9.02. The van der Waals surface area contributed by atoms with E-state index in [1.165, 1.54) is 0 Å². The highest BCUT2D eigenvalue weighted by molar-refractivity contribution is 5.88. The van der Waals surface area contributed by atoms with Crippen LogP contribution in [0.15, 0.2) is 0 Å². The standard InChI is InChI=1S/C17H28N2O4/c1-2-15(20)19-9-4-3-7-14(19)16(21)18-8-5-6-13(12-18)17-22-10-11-23-17/h13-14,17H,2-12H2,1H3. The normalized spacial score (nSPS) is 29.8. The number of ether oxygens (including phenoxy) is 2. The van der Waals surface area contributed by atoms with Crippen molar-refractivity contribution in [1.82, 2.24) is 9.80 Å². The lowest BCUT2D eigenvalue weighted by Gasteiger charge is -2.41. The van der Waals surface area contributed by atoms with Crippen molar-refractivity contribution >= 4 is 11.8 Å². The lowest BCUT2D eigenvalue weighted by atomic mass is 9.94. The Hall–Kier alpha value is -1.14. The summed E-state index contributed by atoms with van der Waals surface area (Å²) in [6, 6.07) is -0.264. The Morgan fingerprint density at radius 1 is 1.04 bits per heavy atom. The molecule has 2 atom stereocenters. The van der Waals surface area contributed by atoms with Crippen LogP contribution in [0.3, 0.4) is 0 Å². The quantitative estimate of drug-likeness (QED) is 0.787. The van der Waals surface area contributed by atoms with Crippen LogP contribution in [0.4, 0.5) is 0 Å². The number of likely N-dealkylation sites (tertiary alicyclic amines) is 2. The molecule has 2 unspecified atom stereocenters. The van der Waals surface area contributed by atoms with Gasteiger partial charge in [0.25, 0.3) is 0 Å². The van der Waals surface area contributed by atoms with Crippen molar-refractivity contribution in [1.29, 1.82) is 0 Å². The summed E-state index contributed by atoms with van der Waals surface area (Å²) >= 11 is 0. The van der Waals surface area contributed by atoms with Crippen LogP contribution in [-0.4, -0.2) is 66.8 Å². The van der Waals surface area contributed by atoms with Gasteiger partial charge in [-0.05, 0) is 32.1 Å². The maximum Gasteiger partial charge on any atom is 0.245 e. The first-order valence-electron chi connectivity index (χ1n) is 9.02. The first kappa shape index (κ1) is 16.7. The van der Waals surface area contributed by atoms with Gasteiger partial charge in [-0.15, -0.1) is 0 Å². The number of hydrogen-bond donors (Lipinski definition) is 0. The molecule has 3 aliphatic heterocycles. The fraction of sp³-hybridized carbons (Fsp3) is 0.882. The zero-order chi connectivity index (χ0) is 16.2.